The average molecular weight is 1340 g/mol. The number of aryl methyl sites for hydroxylation is 1. The Labute approximate surface area is 569 Å². The smallest absolute Gasteiger partial charge is 0.338 e. The number of unbranched alkanes of at least 4 members (excludes halogenated alkanes) is 1. The maximum Gasteiger partial charge on any atom is 0.338 e. The van der Waals surface area contributed by atoms with Crippen molar-refractivity contribution >= 4 is 76.5 Å². The minimum atomic E-state index is -2.70. The Balaban J connectivity index is 0.933. The third kappa shape index (κ3) is 15.7. The zero-order valence-electron chi connectivity index (χ0n) is 55.0. The zero-order chi connectivity index (χ0) is 68.3. The number of ether oxygens (including phenoxy) is 10. The summed E-state index contributed by atoms with van der Waals surface area (Å²) in [5, 5.41) is 6.67. The zero-order valence-corrected chi connectivity index (χ0v) is 56.0. The number of hydrogen-bond donors (Lipinski definition) is 0. The maximum atomic E-state index is 14.7. The van der Waals surface area contributed by atoms with Crippen molar-refractivity contribution < 1.29 is 80.6 Å². The first-order valence-electron chi connectivity index (χ1n) is 32.9. The van der Waals surface area contributed by atoms with E-state index in [1.54, 1.807) is 158 Å². The van der Waals surface area contributed by atoms with Crippen LogP contribution in [0.2, 0.25) is 18.1 Å². The van der Waals surface area contributed by atoms with Gasteiger partial charge in [0, 0.05) is 6.61 Å². The number of benzene rings is 10. The monoisotopic (exact) mass is 1340 g/mol. The molecule has 0 spiro atoms. The molecule has 12 rings (SSSR count). The molecule has 2 heterocycles. The van der Waals surface area contributed by atoms with Crippen LogP contribution in [0.25, 0.3) is 32.3 Å². The van der Waals surface area contributed by atoms with Crippen molar-refractivity contribution in [2.45, 2.75) is 120 Å². The Morgan fingerprint density at radius 2 is 0.694 bits per heavy atom. The molecule has 0 saturated carbocycles. The molecule has 10 aromatic carbocycles. The minimum Gasteiger partial charge on any atom is -0.452 e. The summed E-state index contributed by atoms with van der Waals surface area (Å²) < 4.78 is 73.1. The van der Waals surface area contributed by atoms with E-state index >= 15 is 0 Å². The van der Waals surface area contributed by atoms with Gasteiger partial charge in [-0.05, 0) is 148 Å². The summed E-state index contributed by atoms with van der Waals surface area (Å²) in [6, 6.07) is 68.0. The lowest BCUT2D eigenvalue weighted by Crippen LogP contribution is -2.65. The molecule has 0 aliphatic carbocycles. The van der Waals surface area contributed by atoms with Gasteiger partial charge in [-0.3, -0.25) is 0 Å². The van der Waals surface area contributed by atoms with E-state index in [1.165, 1.54) is 35.0 Å². The Hall–Kier alpha value is -9.92. The van der Waals surface area contributed by atoms with Gasteiger partial charge in [-0.15, -0.1) is 0 Å². The molecular formula is C80H76O17Si. The second-order valence-electron chi connectivity index (χ2n) is 25.8. The van der Waals surface area contributed by atoms with Crippen molar-refractivity contribution in [2.24, 2.45) is 0 Å². The molecule has 18 heteroatoms. The second-order valence-corrected chi connectivity index (χ2v) is 30.6. The summed E-state index contributed by atoms with van der Waals surface area (Å²) in [4.78, 5) is 87.8. The van der Waals surface area contributed by atoms with Crippen LogP contribution in [-0.2, 0) is 58.2 Å². The average Bonchev–Trinajstić information content (AvgIpc) is 0.618. The highest BCUT2D eigenvalue weighted by Crippen LogP contribution is 2.41. The number of hydrogen-bond acceptors (Lipinski definition) is 17. The van der Waals surface area contributed by atoms with Crippen LogP contribution in [0, 0.1) is 0 Å². The molecule has 2 saturated heterocycles. The molecule has 0 amide bonds. The summed E-state index contributed by atoms with van der Waals surface area (Å²) >= 11 is 0. The topological polar surface area (TPSA) is 204 Å². The first-order valence-corrected chi connectivity index (χ1v) is 35.8. The molecule has 98 heavy (non-hydrogen) atoms. The molecule has 0 unspecified atom stereocenters. The van der Waals surface area contributed by atoms with Gasteiger partial charge in [0.1, 0.15) is 12.2 Å². The summed E-state index contributed by atoms with van der Waals surface area (Å²) in [7, 11) is -2.70. The number of esters is 6. The molecule has 0 bridgehead atoms. The molecule has 2 aliphatic heterocycles. The van der Waals surface area contributed by atoms with Crippen molar-refractivity contribution in [3.05, 3.63) is 276 Å². The SMILES string of the molecule is CC(C)(C)[Si](C)(C)OC[C@H]1O[C@@H](OC[C@H]2O[C@@H](OCCCCc3ccc4ccc5cccc6ccc3c4c56)[C@H](OC(=O)c3ccccc3)[C@@H](OC(=O)c3ccccc3)[C@H]2OC(=O)c2ccccc2)[C@H](OC(=O)c2ccccc2)[C@@H](OC(=O)c2ccccc2)[C@H]1OC(=O)c1ccccc1. The van der Waals surface area contributed by atoms with Gasteiger partial charge >= 0.3 is 35.8 Å². The van der Waals surface area contributed by atoms with Crippen LogP contribution < -0.4 is 0 Å². The predicted octanol–water partition coefficient (Wildman–Crippen LogP) is 14.8. The van der Waals surface area contributed by atoms with E-state index in [0.717, 1.165) is 27.1 Å². The molecule has 10 atom stereocenters. The first kappa shape index (κ1) is 68.0. The van der Waals surface area contributed by atoms with Crippen LogP contribution in [0.3, 0.4) is 0 Å². The van der Waals surface area contributed by atoms with Gasteiger partial charge < -0.3 is 51.8 Å². The van der Waals surface area contributed by atoms with Crippen LogP contribution in [0.1, 0.15) is 101 Å². The van der Waals surface area contributed by atoms with Gasteiger partial charge in [-0.25, -0.2) is 28.8 Å². The molecule has 502 valence electrons. The molecular weight excluding hydrogens is 1260 g/mol. The van der Waals surface area contributed by atoms with Crippen molar-refractivity contribution in [1.82, 2.24) is 0 Å². The van der Waals surface area contributed by atoms with E-state index in [-0.39, 0.29) is 51.6 Å². The molecule has 10 aromatic rings. The fraction of sp³-hybridized carbons (Fsp3) is 0.275. The lowest BCUT2D eigenvalue weighted by molar-refractivity contribution is -0.328. The summed E-state index contributed by atoms with van der Waals surface area (Å²) in [5.41, 5.74) is 1.87. The van der Waals surface area contributed by atoms with Crippen LogP contribution in [-0.4, -0.2) is 125 Å². The Morgan fingerprint density at radius 1 is 0.357 bits per heavy atom. The molecule has 17 nitrogen and oxygen atoms in total. The third-order valence-corrected chi connectivity index (χ3v) is 22.8. The first-order chi connectivity index (χ1) is 47.5. The van der Waals surface area contributed by atoms with Gasteiger partial charge in [-0.2, -0.15) is 0 Å². The highest BCUT2D eigenvalue weighted by molar-refractivity contribution is 6.74. The maximum absolute atomic E-state index is 14.7. The third-order valence-electron chi connectivity index (χ3n) is 18.3. The van der Waals surface area contributed by atoms with Crippen LogP contribution in [0.5, 0.6) is 0 Å². The van der Waals surface area contributed by atoms with E-state index in [1.807, 2.05) is 13.1 Å². The fourth-order valence-corrected chi connectivity index (χ4v) is 13.0. The summed E-state index contributed by atoms with van der Waals surface area (Å²) in [5.74, 6) is -5.19. The van der Waals surface area contributed by atoms with Gasteiger partial charge in [0.25, 0.3) is 0 Å². The summed E-state index contributed by atoms with van der Waals surface area (Å²) in [6.07, 6.45) is -14.5. The van der Waals surface area contributed by atoms with Crippen molar-refractivity contribution in [3.8, 4) is 0 Å². The fourth-order valence-electron chi connectivity index (χ4n) is 12.0. The molecule has 2 fully saturated rings. The molecule has 0 aromatic heterocycles. The number of carbonyl (C=O) groups excluding carboxylic acids is 6. The van der Waals surface area contributed by atoms with Gasteiger partial charge in [0.15, 0.2) is 57.5 Å². The molecule has 2 aliphatic rings. The number of rotatable bonds is 24. The normalized spacial score (nSPS) is 21.0. The minimum absolute atomic E-state index is 0.0218. The number of carbonyl (C=O) groups is 6. The van der Waals surface area contributed by atoms with E-state index in [2.05, 4.69) is 75.4 Å². The van der Waals surface area contributed by atoms with Crippen LogP contribution in [0.15, 0.2) is 237 Å². The van der Waals surface area contributed by atoms with E-state index in [0.29, 0.717) is 19.3 Å². The van der Waals surface area contributed by atoms with Crippen LogP contribution >= 0.6 is 0 Å². The Bertz CT molecular complexity index is 4350. The largest absolute Gasteiger partial charge is 0.452 e. The highest BCUT2D eigenvalue weighted by atomic mass is 28.4. The lowest BCUT2D eigenvalue weighted by Gasteiger charge is -2.47. The second kappa shape index (κ2) is 30.7. The van der Waals surface area contributed by atoms with Gasteiger partial charge in [0.05, 0.1) is 46.6 Å². The molecule has 0 radical (unpaired) electrons. The quantitative estimate of drug-likeness (QED) is 0.0181. The summed E-state index contributed by atoms with van der Waals surface area (Å²) in [6.45, 7) is 9.33. The van der Waals surface area contributed by atoms with Crippen molar-refractivity contribution in [1.29, 1.82) is 0 Å². The van der Waals surface area contributed by atoms with E-state index in [4.69, 9.17) is 51.8 Å². The van der Waals surface area contributed by atoms with Crippen molar-refractivity contribution in [2.75, 3.05) is 19.8 Å². The van der Waals surface area contributed by atoms with E-state index in [9.17, 15) is 28.8 Å². The Kier molecular flexibility index (Phi) is 21.3. The van der Waals surface area contributed by atoms with Crippen LogP contribution in [0.4, 0.5) is 0 Å². The van der Waals surface area contributed by atoms with Crippen molar-refractivity contribution in [3.63, 3.8) is 0 Å². The van der Waals surface area contributed by atoms with E-state index < -0.39 is 112 Å². The van der Waals surface area contributed by atoms with Gasteiger partial charge in [0.2, 0.25) is 0 Å². The highest BCUT2D eigenvalue weighted by Gasteiger charge is 2.57. The Morgan fingerprint density at radius 3 is 1.09 bits per heavy atom. The van der Waals surface area contributed by atoms with Gasteiger partial charge in [-0.1, -0.05) is 185 Å². The predicted molar refractivity (Wildman–Crippen MR) is 369 cm³/mol. The molecule has 0 N–H and O–H groups in total. The lowest BCUT2D eigenvalue weighted by atomic mass is 9.91. The standard InChI is InChI=1S/C80H76O17Si/c1-80(2,3)98(4,5)89-50-63-67(93-73(82)56-30-14-7-15-31-56)69(95-75(84)58-34-18-9-19-35-58)71(97-77(86)60-38-22-11-23-39-60)79(91-63)88-49-62-66(92-72(81)55-28-12-6-13-29-55)68(94-74(83)57-32-16-8-17-33-57)70(96-76(85)59-36-20-10-21-37-59)78(90-62)87-48-25-24-27-51-42-43-54-45-44-52-40-26-41-53-46-47-61(51)65(54)64(52)53/h6-23,26,28-47,62-63,66-71,78-79H,24-25,27,48-50H2,1-5H3/t62-,63-,66+,67+,68+,69+,70-,71-,78-,79-/m1/s1.